The number of halogens is 1. The van der Waals surface area contributed by atoms with E-state index in [0.29, 0.717) is 6.42 Å². The average molecular weight is 337 g/mol. The molecule has 0 saturated heterocycles. The molecule has 1 aliphatic rings. The van der Waals surface area contributed by atoms with Crippen LogP contribution in [0.15, 0.2) is 24.3 Å². The molecule has 0 aromatic heterocycles. The van der Waals surface area contributed by atoms with Crippen molar-refractivity contribution in [2.24, 2.45) is 17.8 Å². The zero-order valence-electron chi connectivity index (χ0n) is 14.6. The maximum absolute atomic E-state index is 13.7. The molecule has 2 rings (SSSR count). The summed E-state index contributed by atoms with van der Waals surface area (Å²) < 4.78 is 13.7. The molecule has 1 amide bonds. The van der Waals surface area contributed by atoms with Crippen molar-refractivity contribution in [2.75, 3.05) is 6.54 Å². The summed E-state index contributed by atoms with van der Waals surface area (Å²) in [6.07, 6.45) is 1.07. The van der Waals surface area contributed by atoms with Gasteiger partial charge in [0, 0.05) is 12.1 Å². The lowest BCUT2D eigenvalue weighted by atomic mass is 9.66. The minimum Gasteiger partial charge on any atom is -0.386 e. The molecule has 1 aliphatic carbocycles. The van der Waals surface area contributed by atoms with Gasteiger partial charge < -0.3 is 15.5 Å². The second kappa shape index (κ2) is 7.62. The number of benzene rings is 1. The third-order valence-electron chi connectivity index (χ3n) is 5.16. The quantitative estimate of drug-likeness (QED) is 0.774. The number of amides is 1. The summed E-state index contributed by atoms with van der Waals surface area (Å²) in [5.41, 5.74) is -1.29. The first-order valence-corrected chi connectivity index (χ1v) is 8.69. The third-order valence-corrected chi connectivity index (χ3v) is 5.16. The number of hydrogen-bond acceptors (Lipinski definition) is 3. The van der Waals surface area contributed by atoms with Crippen molar-refractivity contribution < 1.29 is 19.4 Å². The molecular formula is C19H28FNO3. The van der Waals surface area contributed by atoms with E-state index in [4.69, 9.17) is 0 Å². The number of aliphatic hydroxyl groups excluding tert-OH is 1. The summed E-state index contributed by atoms with van der Waals surface area (Å²) in [4.78, 5) is 12.6. The zero-order chi connectivity index (χ0) is 17.9. The molecule has 1 unspecified atom stereocenters. The van der Waals surface area contributed by atoms with Crippen LogP contribution in [0.2, 0.25) is 0 Å². The number of aliphatic hydroxyl groups is 2. The van der Waals surface area contributed by atoms with Gasteiger partial charge in [0.05, 0.1) is 6.10 Å². The molecule has 0 spiro atoms. The molecule has 4 nitrogen and oxygen atoms in total. The molecular weight excluding hydrogens is 309 g/mol. The smallest absolute Gasteiger partial charge is 0.252 e. The van der Waals surface area contributed by atoms with Gasteiger partial charge in [-0.25, -0.2) is 4.39 Å². The fourth-order valence-corrected chi connectivity index (χ4v) is 3.83. The van der Waals surface area contributed by atoms with E-state index in [1.54, 1.807) is 12.1 Å². The Morgan fingerprint density at radius 1 is 1.38 bits per heavy atom. The van der Waals surface area contributed by atoms with Gasteiger partial charge >= 0.3 is 0 Å². The monoisotopic (exact) mass is 337 g/mol. The van der Waals surface area contributed by atoms with Gasteiger partial charge in [0.1, 0.15) is 11.4 Å². The second-order valence-corrected chi connectivity index (χ2v) is 7.41. The Balaban J connectivity index is 2.05. The second-order valence-electron chi connectivity index (χ2n) is 7.41. The van der Waals surface area contributed by atoms with Crippen LogP contribution in [0.5, 0.6) is 0 Å². The van der Waals surface area contributed by atoms with Crippen LogP contribution in [0.3, 0.4) is 0 Å². The highest BCUT2D eigenvalue weighted by Crippen LogP contribution is 2.41. The van der Waals surface area contributed by atoms with Crippen molar-refractivity contribution in [1.82, 2.24) is 5.32 Å². The van der Waals surface area contributed by atoms with Crippen LogP contribution in [0.1, 0.15) is 51.7 Å². The van der Waals surface area contributed by atoms with Crippen molar-refractivity contribution in [2.45, 2.75) is 51.7 Å². The molecule has 0 radical (unpaired) electrons. The average Bonchev–Trinajstić information content (AvgIpc) is 2.52. The molecule has 134 valence electrons. The molecule has 4 atom stereocenters. The van der Waals surface area contributed by atoms with Crippen molar-refractivity contribution in [1.29, 1.82) is 0 Å². The van der Waals surface area contributed by atoms with Crippen LogP contribution in [-0.4, -0.2) is 28.3 Å². The van der Waals surface area contributed by atoms with Crippen LogP contribution in [0.25, 0.3) is 0 Å². The third kappa shape index (κ3) is 3.95. The molecule has 0 heterocycles. The van der Waals surface area contributed by atoms with Gasteiger partial charge in [0.15, 0.2) is 0 Å². The predicted molar refractivity (Wildman–Crippen MR) is 90.7 cm³/mol. The van der Waals surface area contributed by atoms with Crippen LogP contribution < -0.4 is 5.32 Å². The topological polar surface area (TPSA) is 69.6 Å². The summed E-state index contributed by atoms with van der Waals surface area (Å²) in [5, 5.41) is 23.8. The van der Waals surface area contributed by atoms with E-state index in [0.717, 1.165) is 12.8 Å². The number of carbonyl (C=O) groups excluding carboxylic acids is 1. The first-order valence-electron chi connectivity index (χ1n) is 8.69. The number of rotatable bonds is 5. The molecule has 24 heavy (non-hydrogen) atoms. The number of carbonyl (C=O) groups is 1. The van der Waals surface area contributed by atoms with Crippen LogP contribution in [0, 0.1) is 23.6 Å². The Labute approximate surface area is 143 Å². The highest BCUT2D eigenvalue weighted by atomic mass is 19.1. The molecule has 1 saturated carbocycles. The Morgan fingerprint density at radius 3 is 2.67 bits per heavy atom. The van der Waals surface area contributed by atoms with E-state index in [-0.39, 0.29) is 29.9 Å². The Kier molecular flexibility index (Phi) is 5.99. The fourth-order valence-electron chi connectivity index (χ4n) is 3.83. The van der Waals surface area contributed by atoms with E-state index in [1.807, 2.05) is 20.8 Å². The first kappa shape index (κ1) is 18.9. The Morgan fingerprint density at radius 2 is 2.04 bits per heavy atom. The van der Waals surface area contributed by atoms with Gasteiger partial charge in [-0.1, -0.05) is 45.4 Å². The molecule has 1 aromatic rings. The summed E-state index contributed by atoms with van der Waals surface area (Å²) in [6.45, 7) is 5.92. The molecule has 5 heteroatoms. The molecule has 0 bridgehead atoms. The fraction of sp³-hybridized carbons (Fsp3) is 0.632. The normalized spacial score (nSPS) is 28.6. The van der Waals surface area contributed by atoms with E-state index in [9.17, 15) is 19.4 Å². The molecule has 1 aromatic carbocycles. The minimum absolute atomic E-state index is 0.112. The largest absolute Gasteiger partial charge is 0.386 e. The molecule has 1 fully saturated rings. The first-order chi connectivity index (χ1) is 11.3. The van der Waals surface area contributed by atoms with Crippen molar-refractivity contribution >= 4 is 5.91 Å². The standard InChI is InChI=1S/C19H28FNO3/c1-12(2)15-9-8-13(3)10-19(15,24)18(23)21-11-17(22)14-6-4-5-7-16(14)20/h4-7,12-13,15,17,22,24H,8-11H2,1-3H3,(H,21,23)/t13-,15+,17?,19+/m1/s1. The van der Waals surface area contributed by atoms with Gasteiger partial charge in [-0.15, -0.1) is 0 Å². The Bertz CT molecular complexity index is 577. The summed E-state index contributed by atoms with van der Waals surface area (Å²) in [5.74, 6) is -0.635. The summed E-state index contributed by atoms with van der Waals surface area (Å²) in [6, 6.07) is 5.93. The van der Waals surface area contributed by atoms with Gasteiger partial charge in [-0.2, -0.15) is 0 Å². The molecule has 3 N–H and O–H groups in total. The van der Waals surface area contributed by atoms with Crippen LogP contribution in [-0.2, 0) is 4.79 Å². The highest BCUT2D eigenvalue weighted by Gasteiger charge is 2.48. The van der Waals surface area contributed by atoms with Gasteiger partial charge in [0.25, 0.3) is 5.91 Å². The van der Waals surface area contributed by atoms with Gasteiger partial charge in [0.2, 0.25) is 0 Å². The maximum Gasteiger partial charge on any atom is 0.252 e. The Hall–Kier alpha value is -1.46. The van der Waals surface area contributed by atoms with E-state index < -0.39 is 23.4 Å². The predicted octanol–water partition coefficient (Wildman–Crippen LogP) is 2.80. The van der Waals surface area contributed by atoms with Crippen LogP contribution in [0.4, 0.5) is 4.39 Å². The lowest BCUT2D eigenvalue weighted by Crippen LogP contribution is -2.56. The van der Waals surface area contributed by atoms with Crippen molar-refractivity contribution in [3.05, 3.63) is 35.6 Å². The van der Waals surface area contributed by atoms with E-state index >= 15 is 0 Å². The number of hydrogen-bond donors (Lipinski definition) is 3. The summed E-state index contributed by atoms with van der Waals surface area (Å²) in [7, 11) is 0. The number of nitrogens with one attached hydrogen (secondary N) is 1. The summed E-state index contributed by atoms with van der Waals surface area (Å²) >= 11 is 0. The van der Waals surface area contributed by atoms with Gasteiger partial charge in [-0.3, -0.25) is 4.79 Å². The van der Waals surface area contributed by atoms with Crippen molar-refractivity contribution in [3.8, 4) is 0 Å². The highest BCUT2D eigenvalue weighted by molar-refractivity contribution is 5.85. The SMILES string of the molecule is CC(C)[C@@H]1CC[C@@H](C)C[C@@]1(O)C(=O)NCC(O)c1ccccc1F. The zero-order valence-corrected chi connectivity index (χ0v) is 14.6. The van der Waals surface area contributed by atoms with Gasteiger partial charge in [-0.05, 0) is 36.7 Å². The van der Waals surface area contributed by atoms with Crippen molar-refractivity contribution in [3.63, 3.8) is 0 Å². The lowest BCUT2D eigenvalue weighted by Gasteiger charge is -2.43. The van der Waals surface area contributed by atoms with E-state index in [2.05, 4.69) is 5.32 Å². The minimum atomic E-state index is -1.43. The van der Waals surface area contributed by atoms with E-state index in [1.165, 1.54) is 12.1 Å². The van der Waals surface area contributed by atoms with Crippen LogP contribution >= 0.6 is 0 Å². The molecule has 0 aliphatic heterocycles. The maximum atomic E-state index is 13.7. The lowest BCUT2D eigenvalue weighted by molar-refractivity contribution is -0.156.